The van der Waals surface area contributed by atoms with E-state index in [0.29, 0.717) is 18.3 Å². The zero-order chi connectivity index (χ0) is 9.80. The summed E-state index contributed by atoms with van der Waals surface area (Å²) in [4.78, 5) is 0. The summed E-state index contributed by atoms with van der Waals surface area (Å²) in [5.41, 5.74) is 0. The van der Waals surface area contributed by atoms with Crippen molar-refractivity contribution in [1.29, 1.82) is 0 Å². The molecule has 0 aromatic heterocycles. The highest BCUT2D eigenvalue weighted by Crippen LogP contribution is 2.16. The zero-order valence-electron chi connectivity index (χ0n) is 8.00. The molecule has 1 saturated heterocycles. The molecular formula is C11H14FNO. The second kappa shape index (κ2) is 4.42. The van der Waals surface area contributed by atoms with E-state index in [1.54, 1.807) is 18.2 Å². The Hall–Kier alpha value is -1.09. The monoisotopic (exact) mass is 195 g/mol. The van der Waals surface area contributed by atoms with Crippen molar-refractivity contribution in [2.45, 2.75) is 6.42 Å². The molecular weight excluding hydrogens is 181 g/mol. The number of rotatable bonds is 4. The van der Waals surface area contributed by atoms with Crippen LogP contribution in [0.4, 0.5) is 4.39 Å². The SMILES string of the molecule is Fc1ccccc1OCCC1CNC1. The smallest absolute Gasteiger partial charge is 0.165 e. The Bertz CT molecular complexity index is 299. The van der Waals surface area contributed by atoms with Crippen molar-refractivity contribution in [2.75, 3.05) is 19.7 Å². The Morgan fingerprint density at radius 2 is 2.14 bits per heavy atom. The highest BCUT2D eigenvalue weighted by atomic mass is 19.1. The number of hydrogen-bond acceptors (Lipinski definition) is 2. The lowest BCUT2D eigenvalue weighted by molar-refractivity contribution is 0.232. The van der Waals surface area contributed by atoms with Crippen molar-refractivity contribution in [1.82, 2.24) is 5.32 Å². The molecule has 0 radical (unpaired) electrons. The Labute approximate surface area is 83.1 Å². The van der Waals surface area contributed by atoms with Gasteiger partial charge >= 0.3 is 0 Å². The molecule has 0 saturated carbocycles. The van der Waals surface area contributed by atoms with Crippen LogP contribution in [0, 0.1) is 11.7 Å². The molecule has 0 aliphatic carbocycles. The number of ether oxygens (including phenoxy) is 1. The molecule has 1 heterocycles. The summed E-state index contributed by atoms with van der Waals surface area (Å²) in [6, 6.07) is 6.52. The van der Waals surface area contributed by atoms with E-state index < -0.39 is 0 Å². The van der Waals surface area contributed by atoms with Gasteiger partial charge in [-0.05, 0) is 37.6 Å². The Balaban J connectivity index is 1.76. The van der Waals surface area contributed by atoms with Gasteiger partial charge in [0.05, 0.1) is 6.61 Å². The normalized spacial score (nSPS) is 16.4. The fraction of sp³-hybridized carbons (Fsp3) is 0.455. The van der Waals surface area contributed by atoms with Gasteiger partial charge in [-0.1, -0.05) is 12.1 Å². The molecule has 1 N–H and O–H groups in total. The van der Waals surface area contributed by atoms with Gasteiger partial charge in [0.25, 0.3) is 0 Å². The third kappa shape index (κ3) is 2.23. The van der Waals surface area contributed by atoms with Crippen molar-refractivity contribution in [2.24, 2.45) is 5.92 Å². The second-order valence-corrected chi connectivity index (χ2v) is 3.59. The first kappa shape index (κ1) is 9.46. The van der Waals surface area contributed by atoms with Crippen molar-refractivity contribution in [3.05, 3.63) is 30.1 Å². The van der Waals surface area contributed by atoms with E-state index in [9.17, 15) is 4.39 Å². The minimum Gasteiger partial charge on any atom is -0.491 e. The maximum Gasteiger partial charge on any atom is 0.165 e. The molecule has 2 rings (SSSR count). The van der Waals surface area contributed by atoms with Gasteiger partial charge in [0.15, 0.2) is 11.6 Å². The molecule has 1 aromatic carbocycles. The van der Waals surface area contributed by atoms with Crippen LogP contribution in [0.5, 0.6) is 5.75 Å². The topological polar surface area (TPSA) is 21.3 Å². The second-order valence-electron chi connectivity index (χ2n) is 3.59. The van der Waals surface area contributed by atoms with Gasteiger partial charge in [0.1, 0.15) is 0 Å². The summed E-state index contributed by atoms with van der Waals surface area (Å²) < 4.78 is 18.4. The average Bonchev–Trinajstić information content (AvgIpc) is 2.12. The molecule has 1 aliphatic heterocycles. The summed E-state index contributed by atoms with van der Waals surface area (Å²) in [6.07, 6.45) is 1.00. The average molecular weight is 195 g/mol. The maximum atomic E-state index is 13.1. The van der Waals surface area contributed by atoms with E-state index >= 15 is 0 Å². The number of para-hydroxylation sites is 1. The standard InChI is InChI=1S/C11H14FNO/c12-10-3-1-2-4-11(10)14-6-5-9-7-13-8-9/h1-4,9,13H,5-8H2. The van der Waals surface area contributed by atoms with Crippen molar-refractivity contribution in [3.8, 4) is 5.75 Å². The van der Waals surface area contributed by atoms with Crippen LogP contribution in [-0.2, 0) is 0 Å². The van der Waals surface area contributed by atoms with Crippen LogP contribution >= 0.6 is 0 Å². The molecule has 1 fully saturated rings. The van der Waals surface area contributed by atoms with Gasteiger partial charge in [0, 0.05) is 0 Å². The minimum atomic E-state index is -0.278. The molecule has 76 valence electrons. The van der Waals surface area contributed by atoms with Crippen LogP contribution in [0.15, 0.2) is 24.3 Å². The lowest BCUT2D eigenvalue weighted by atomic mass is 10.0. The summed E-state index contributed by atoms with van der Waals surface area (Å²) in [6.45, 7) is 2.74. The molecule has 0 unspecified atom stereocenters. The summed E-state index contributed by atoms with van der Waals surface area (Å²) in [7, 11) is 0. The molecule has 2 nitrogen and oxygen atoms in total. The number of benzene rings is 1. The van der Waals surface area contributed by atoms with Gasteiger partial charge in [-0.25, -0.2) is 4.39 Å². The lowest BCUT2D eigenvalue weighted by Gasteiger charge is -2.26. The number of nitrogens with one attached hydrogen (secondary N) is 1. The molecule has 0 bridgehead atoms. The van der Waals surface area contributed by atoms with Crippen molar-refractivity contribution < 1.29 is 9.13 Å². The fourth-order valence-electron chi connectivity index (χ4n) is 1.45. The van der Waals surface area contributed by atoms with Crippen molar-refractivity contribution >= 4 is 0 Å². The van der Waals surface area contributed by atoms with Gasteiger partial charge in [-0.15, -0.1) is 0 Å². The highest BCUT2D eigenvalue weighted by Gasteiger charge is 2.16. The first-order valence-electron chi connectivity index (χ1n) is 4.94. The molecule has 14 heavy (non-hydrogen) atoms. The minimum absolute atomic E-state index is 0.278. The van der Waals surface area contributed by atoms with Crippen molar-refractivity contribution in [3.63, 3.8) is 0 Å². The summed E-state index contributed by atoms with van der Waals surface area (Å²) in [5.74, 6) is 0.792. The van der Waals surface area contributed by atoms with Gasteiger partial charge in [0.2, 0.25) is 0 Å². The molecule has 0 amide bonds. The van der Waals surface area contributed by atoms with Crippen LogP contribution in [-0.4, -0.2) is 19.7 Å². The number of halogens is 1. The largest absolute Gasteiger partial charge is 0.491 e. The third-order valence-electron chi connectivity index (χ3n) is 2.49. The molecule has 3 heteroatoms. The molecule has 0 spiro atoms. The predicted octanol–water partition coefficient (Wildman–Crippen LogP) is 1.81. The van der Waals surface area contributed by atoms with Gasteiger partial charge in [-0.3, -0.25) is 0 Å². The fourth-order valence-corrected chi connectivity index (χ4v) is 1.45. The van der Waals surface area contributed by atoms with E-state index in [1.807, 2.05) is 0 Å². The van der Waals surface area contributed by atoms with Crippen LogP contribution in [0.2, 0.25) is 0 Å². The van der Waals surface area contributed by atoms with Crippen LogP contribution in [0.3, 0.4) is 0 Å². The van der Waals surface area contributed by atoms with Crippen LogP contribution in [0.1, 0.15) is 6.42 Å². The van der Waals surface area contributed by atoms with E-state index in [2.05, 4.69) is 5.32 Å². The summed E-state index contributed by atoms with van der Waals surface area (Å²) >= 11 is 0. The quantitative estimate of drug-likeness (QED) is 0.791. The highest BCUT2D eigenvalue weighted by molar-refractivity contribution is 5.23. The zero-order valence-corrected chi connectivity index (χ0v) is 8.00. The third-order valence-corrected chi connectivity index (χ3v) is 2.49. The first-order valence-corrected chi connectivity index (χ1v) is 4.94. The number of hydrogen-bond donors (Lipinski definition) is 1. The van der Waals surface area contributed by atoms with Crippen LogP contribution in [0.25, 0.3) is 0 Å². The summed E-state index contributed by atoms with van der Waals surface area (Å²) in [5, 5.41) is 3.19. The van der Waals surface area contributed by atoms with Gasteiger partial charge in [-0.2, -0.15) is 0 Å². The Kier molecular flexibility index (Phi) is 2.99. The van der Waals surface area contributed by atoms with E-state index in [1.165, 1.54) is 6.07 Å². The maximum absolute atomic E-state index is 13.1. The molecule has 0 atom stereocenters. The van der Waals surface area contributed by atoms with Gasteiger partial charge < -0.3 is 10.1 Å². The molecule has 1 aliphatic rings. The van der Waals surface area contributed by atoms with E-state index in [0.717, 1.165) is 19.5 Å². The lowest BCUT2D eigenvalue weighted by Crippen LogP contribution is -2.42. The van der Waals surface area contributed by atoms with Crippen LogP contribution < -0.4 is 10.1 Å². The Morgan fingerprint density at radius 3 is 2.79 bits per heavy atom. The molecule has 1 aromatic rings. The Morgan fingerprint density at radius 1 is 1.36 bits per heavy atom. The van der Waals surface area contributed by atoms with E-state index in [4.69, 9.17) is 4.74 Å². The predicted molar refractivity (Wildman–Crippen MR) is 52.9 cm³/mol. The van der Waals surface area contributed by atoms with E-state index in [-0.39, 0.29) is 5.82 Å². The first-order chi connectivity index (χ1) is 6.86.